The Morgan fingerprint density at radius 1 is 0.862 bits per heavy atom. The van der Waals surface area contributed by atoms with Crippen LogP contribution in [-0.4, -0.2) is 29.2 Å². The van der Waals surface area contributed by atoms with Crippen LogP contribution in [0.15, 0.2) is 24.3 Å². The molecule has 1 aromatic rings. The summed E-state index contributed by atoms with van der Waals surface area (Å²) in [5.41, 5.74) is 2.15. The lowest BCUT2D eigenvalue weighted by Gasteiger charge is -2.13. The van der Waals surface area contributed by atoms with Gasteiger partial charge in [-0.05, 0) is 36.5 Å². The van der Waals surface area contributed by atoms with Crippen molar-refractivity contribution in [3.63, 3.8) is 0 Å². The Hall–Kier alpha value is -2.17. The summed E-state index contributed by atoms with van der Waals surface area (Å²) in [7, 11) is 0. The Bertz CT molecular complexity index is 651. The summed E-state index contributed by atoms with van der Waals surface area (Å²) >= 11 is 0. The smallest absolute Gasteiger partial charge is 0.229 e. The second-order valence-electron chi connectivity index (χ2n) is 8.34. The van der Waals surface area contributed by atoms with Crippen molar-refractivity contribution in [2.45, 2.75) is 90.4 Å². The van der Waals surface area contributed by atoms with Crippen molar-refractivity contribution in [2.75, 3.05) is 11.9 Å². The van der Waals surface area contributed by atoms with Crippen molar-refractivity contribution in [1.82, 2.24) is 4.90 Å². The summed E-state index contributed by atoms with van der Waals surface area (Å²) in [5.74, 6) is 0.574. The monoisotopic (exact) mass is 400 g/mol. The van der Waals surface area contributed by atoms with Crippen molar-refractivity contribution in [2.24, 2.45) is 0 Å². The normalized spacial score (nSPS) is 14.1. The highest BCUT2D eigenvalue weighted by molar-refractivity contribution is 6.01. The minimum absolute atomic E-state index is 0.00777. The van der Waals surface area contributed by atoms with E-state index in [0.29, 0.717) is 31.7 Å². The summed E-state index contributed by atoms with van der Waals surface area (Å²) in [6.07, 6.45) is 9.99. The second-order valence-corrected chi connectivity index (χ2v) is 8.34. The number of unbranched alkanes of at least 4 members (excludes halogenated alkanes) is 7. The summed E-state index contributed by atoms with van der Waals surface area (Å²) in [4.78, 5) is 36.5. The lowest BCUT2D eigenvalue weighted by atomic mass is 10.0. The molecule has 0 spiro atoms. The van der Waals surface area contributed by atoms with Gasteiger partial charge in [-0.3, -0.25) is 19.3 Å². The Morgan fingerprint density at radius 2 is 1.38 bits per heavy atom. The third-order valence-electron chi connectivity index (χ3n) is 5.55. The quantitative estimate of drug-likeness (QED) is 0.356. The summed E-state index contributed by atoms with van der Waals surface area (Å²) < 4.78 is 0. The lowest BCUT2D eigenvalue weighted by molar-refractivity contribution is -0.138. The number of nitrogens with one attached hydrogen (secondary N) is 1. The second kappa shape index (κ2) is 12.4. The van der Waals surface area contributed by atoms with Crippen LogP contribution >= 0.6 is 0 Å². The van der Waals surface area contributed by atoms with Crippen LogP contribution in [0, 0.1) is 0 Å². The predicted octanol–water partition coefficient (Wildman–Crippen LogP) is 5.41. The molecule has 0 unspecified atom stereocenters. The number of nitrogens with zero attached hydrogens (tertiary/aromatic N) is 1. The van der Waals surface area contributed by atoms with Crippen LogP contribution in [0.25, 0.3) is 0 Å². The van der Waals surface area contributed by atoms with Crippen molar-refractivity contribution < 1.29 is 14.4 Å². The van der Waals surface area contributed by atoms with E-state index in [1.807, 2.05) is 12.1 Å². The zero-order valence-corrected chi connectivity index (χ0v) is 18.0. The van der Waals surface area contributed by atoms with E-state index in [9.17, 15) is 14.4 Å². The maximum Gasteiger partial charge on any atom is 0.229 e. The molecule has 0 bridgehead atoms. The molecular weight excluding hydrogens is 364 g/mol. The molecule has 2 rings (SSSR count). The number of hydrogen-bond acceptors (Lipinski definition) is 3. The van der Waals surface area contributed by atoms with Crippen LogP contribution in [0.3, 0.4) is 0 Å². The highest BCUT2D eigenvalue weighted by Gasteiger charge is 2.27. The van der Waals surface area contributed by atoms with Gasteiger partial charge in [0.15, 0.2) is 0 Å². The van der Waals surface area contributed by atoms with Gasteiger partial charge in [-0.2, -0.15) is 0 Å². The molecule has 0 atom stereocenters. The Balaban J connectivity index is 1.43. The van der Waals surface area contributed by atoms with Gasteiger partial charge in [-0.15, -0.1) is 0 Å². The van der Waals surface area contributed by atoms with E-state index in [-0.39, 0.29) is 17.7 Å². The molecule has 1 fully saturated rings. The van der Waals surface area contributed by atoms with Crippen molar-refractivity contribution >= 4 is 23.4 Å². The average molecular weight is 401 g/mol. The molecule has 1 aliphatic heterocycles. The summed E-state index contributed by atoms with van der Waals surface area (Å²) in [6.45, 7) is 4.91. The van der Waals surface area contributed by atoms with Crippen molar-refractivity contribution in [3.05, 3.63) is 29.8 Å². The third kappa shape index (κ3) is 8.38. The number of amides is 3. The third-order valence-corrected chi connectivity index (χ3v) is 5.55. The average Bonchev–Trinajstić information content (AvgIpc) is 3.01. The van der Waals surface area contributed by atoms with E-state index in [2.05, 4.69) is 31.3 Å². The number of carbonyl (C=O) groups is 3. The lowest BCUT2D eigenvalue weighted by Crippen LogP contribution is -2.29. The first kappa shape index (κ1) is 23.1. The number of anilines is 1. The van der Waals surface area contributed by atoms with Gasteiger partial charge in [0.1, 0.15) is 0 Å². The SMILES string of the molecule is CC(C)c1ccc(NC(=O)CCCCCCCCCCN2C(=O)CCC2=O)cc1. The number of benzene rings is 1. The standard InChI is InChI=1S/C24H36N2O3/c1-19(2)20-12-14-21(15-13-20)25-22(27)11-9-7-5-3-4-6-8-10-18-26-23(28)16-17-24(26)29/h12-15,19H,3-11,16-18H2,1-2H3,(H,25,27). The fourth-order valence-corrected chi connectivity index (χ4v) is 3.66. The maximum absolute atomic E-state index is 12.0. The van der Waals surface area contributed by atoms with E-state index < -0.39 is 0 Å². The van der Waals surface area contributed by atoms with Gasteiger partial charge >= 0.3 is 0 Å². The highest BCUT2D eigenvalue weighted by Crippen LogP contribution is 2.18. The summed E-state index contributed by atoms with van der Waals surface area (Å²) in [6, 6.07) is 8.09. The van der Waals surface area contributed by atoms with Crippen LogP contribution in [-0.2, 0) is 14.4 Å². The fraction of sp³-hybridized carbons (Fsp3) is 0.625. The van der Waals surface area contributed by atoms with Gasteiger partial charge in [0, 0.05) is 31.5 Å². The zero-order valence-electron chi connectivity index (χ0n) is 18.0. The molecular formula is C24H36N2O3. The number of hydrogen-bond donors (Lipinski definition) is 1. The molecule has 1 heterocycles. The first-order chi connectivity index (χ1) is 14.0. The minimum atomic E-state index is -0.00777. The molecule has 1 N–H and O–H groups in total. The van der Waals surface area contributed by atoms with Crippen LogP contribution < -0.4 is 5.32 Å². The fourth-order valence-electron chi connectivity index (χ4n) is 3.66. The van der Waals surface area contributed by atoms with Crippen LogP contribution in [0.4, 0.5) is 5.69 Å². The van der Waals surface area contributed by atoms with Gasteiger partial charge in [0.2, 0.25) is 17.7 Å². The van der Waals surface area contributed by atoms with E-state index in [4.69, 9.17) is 0 Å². The largest absolute Gasteiger partial charge is 0.326 e. The maximum atomic E-state index is 12.0. The summed E-state index contributed by atoms with van der Waals surface area (Å²) in [5, 5.41) is 2.97. The van der Waals surface area contributed by atoms with Crippen LogP contribution in [0.2, 0.25) is 0 Å². The van der Waals surface area contributed by atoms with Gasteiger partial charge in [0.25, 0.3) is 0 Å². The van der Waals surface area contributed by atoms with E-state index in [0.717, 1.165) is 44.2 Å². The molecule has 0 aromatic heterocycles. The zero-order chi connectivity index (χ0) is 21.1. The number of likely N-dealkylation sites (tertiary alicyclic amines) is 1. The first-order valence-electron chi connectivity index (χ1n) is 11.2. The van der Waals surface area contributed by atoms with E-state index >= 15 is 0 Å². The van der Waals surface area contributed by atoms with Gasteiger partial charge in [-0.25, -0.2) is 0 Å². The number of rotatable bonds is 13. The molecule has 29 heavy (non-hydrogen) atoms. The predicted molar refractivity (Wildman–Crippen MR) is 117 cm³/mol. The van der Waals surface area contributed by atoms with Gasteiger partial charge in [-0.1, -0.05) is 64.5 Å². The molecule has 0 radical (unpaired) electrons. The Kier molecular flexibility index (Phi) is 9.89. The molecule has 1 aliphatic rings. The molecule has 5 nitrogen and oxygen atoms in total. The van der Waals surface area contributed by atoms with E-state index in [1.54, 1.807) is 0 Å². The Labute approximate surface area is 175 Å². The Morgan fingerprint density at radius 3 is 1.93 bits per heavy atom. The van der Waals surface area contributed by atoms with Crippen molar-refractivity contribution in [3.8, 4) is 0 Å². The van der Waals surface area contributed by atoms with Crippen LogP contribution in [0.5, 0.6) is 0 Å². The van der Waals surface area contributed by atoms with Crippen LogP contribution in [0.1, 0.15) is 96.0 Å². The molecule has 1 aromatic carbocycles. The number of carbonyl (C=O) groups excluding carboxylic acids is 3. The number of imide groups is 1. The van der Waals surface area contributed by atoms with E-state index in [1.165, 1.54) is 23.3 Å². The molecule has 3 amide bonds. The van der Waals surface area contributed by atoms with Gasteiger partial charge in [0.05, 0.1) is 0 Å². The molecule has 0 aliphatic carbocycles. The van der Waals surface area contributed by atoms with Crippen molar-refractivity contribution in [1.29, 1.82) is 0 Å². The highest BCUT2D eigenvalue weighted by atomic mass is 16.2. The minimum Gasteiger partial charge on any atom is -0.326 e. The molecule has 1 saturated heterocycles. The molecule has 5 heteroatoms. The molecule has 0 saturated carbocycles. The topological polar surface area (TPSA) is 66.5 Å². The first-order valence-corrected chi connectivity index (χ1v) is 11.2. The molecule has 160 valence electrons. The van der Waals surface area contributed by atoms with Gasteiger partial charge < -0.3 is 5.32 Å².